The number of carbonyl (C=O) groups excluding carboxylic acids is 1. The van der Waals surface area contributed by atoms with Crippen molar-refractivity contribution in [3.63, 3.8) is 0 Å². The average Bonchev–Trinajstić information content (AvgIpc) is 2.95. The van der Waals surface area contributed by atoms with Crippen LogP contribution in [0.1, 0.15) is 31.7 Å². The molecule has 2 heterocycles. The number of nitrogens with two attached hydrogens (primary N) is 1. The van der Waals surface area contributed by atoms with E-state index in [0.29, 0.717) is 45.1 Å². The van der Waals surface area contributed by atoms with Crippen LogP contribution < -0.4 is 5.73 Å². The standard InChI is InChI=1S/C18H25FN2O2.ClH/c1-13-9-14(11-20)12-21(13)17(22)18(5-7-23-8-6-18)15-3-2-4-16(19)10-15;/h2-4,10,13-14H,5-9,11-12,20H2,1H3;1H. The number of hydrogen-bond donors (Lipinski definition) is 1. The maximum atomic E-state index is 13.8. The van der Waals surface area contributed by atoms with Gasteiger partial charge in [-0.25, -0.2) is 4.39 Å². The molecule has 1 amide bonds. The van der Waals surface area contributed by atoms with Gasteiger partial charge >= 0.3 is 0 Å². The fraction of sp³-hybridized carbons (Fsp3) is 0.611. The van der Waals surface area contributed by atoms with Crippen molar-refractivity contribution in [3.05, 3.63) is 35.6 Å². The molecule has 3 rings (SSSR count). The second-order valence-corrected chi connectivity index (χ2v) is 6.85. The maximum Gasteiger partial charge on any atom is 0.233 e. The molecule has 2 unspecified atom stereocenters. The fourth-order valence-electron chi connectivity index (χ4n) is 4.00. The number of rotatable bonds is 3. The van der Waals surface area contributed by atoms with Gasteiger partial charge in [0.1, 0.15) is 5.82 Å². The van der Waals surface area contributed by atoms with E-state index in [4.69, 9.17) is 10.5 Å². The Kier molecular flexibility index (Phi) is 6.23. The van der Waals surface area contributed by atoms with Crippen LogP contribution in [-0.4, -0.2) is 43.2 Å². The molecular formula is C18H26ClFN2O2. The Hall–Kier alpha value is -1.17. The number of likely N-dealkylation sites (tertiary alicyclic amines) is 1. The minimum Gasteiger partial charge on any atom is -0.381 e. The summed E-state index contributed by atoms with van der Waals surface area (Å²) in [6.45, 7) is 4.44. The molecule has 2 aliphatic rings. The normalized spacial score (nSPS) is 26.0. The predicted octanol–water partition coefficient (Wildman–Crippen LogP) is 2.49. The van der Waals surface area contributed by atoms with Crippen LogP contribution in [0.5, 0.6) is 0 Å². The summed E-state index contributed by atoms with van der Waals surface area (Å²) in [6, 6.07) is 6.66. The molecule has 0 bridgehead atoms. The van der Waals surface area contributed by atoms with Crippen molar-refractivity contribution in [2.75, 3.05) is 26.3 Å². The number of hydrogen-bond acceptors (Lipinski definition) is 3. The van der Waals surface area contributed by atoms with Crippen molar-refractivity contribution in [2.45, 2.75) is 37.6 Å². The van der Waals surface area contributed by atoms with E-state index < -0.39 is 5.41 Å². The topological polar surface area (TPSA) is 55.6 Å². The SMILES string of the molecule is CC1CC(CN)CN1C(=O)C1(c2cccc(F)c2)CCOCC1.Cl. The smallest absolute Gasteiger partial charge is 0.233 e. The molecule has 2 N–H and O–H groups in total. The van der Waals surface area contributed by atoms with E-state index in [0.717, 1.165) is 12.0 Å². The first-order valence-electron chi connectivity index (χ1n) is 8.42. The Morgan fingerprint density at radius 3 is 2.71 bits per heavy atom. The van der Waals surface area contributed by atoms with Gasteiger partial charge in [0.15, 0.2) is 0 Å². The Bertz CT molecular complexity index is 578. The third kappa shape index (κ3) is 3.44. The van der Waals surface area contributed by atoms with Crippen molar-refractivity contribution in [1.82, 2.24) is 4.90 Å². The first kappa shape index (κ1) is 19.2. The van der Waals surface area contributed by atoms with Crippen LogP contribution >= 0.6 is 12.4 Å². The van der Waals surface area contributed by atoms with Gasteiger partial charge in [-0.3, -0.25) is 4.79 Å². The third-order valence-electron chi connectivity index (χ3n) is 5.39. The zero-order chi connectivity index (χ0) is 16.4. The highest BCUT2D eigenvalue weighted by atomic mass is 35.5. The van der Waals surface area contributed by atoms with E-state index in [1.165, 1.54) is 12.1 Å². The van der Waals surface area contributed by atoms with Gasteiger partial charge < -0.3 is 15.4 Å². The Morgan fingerprint density at radius 2 is 2.12 bits per heavy atom. The minimum atomic E-state index is -0.669. The number of amides is 1. The summed E-state index contributed by atoms with van der Waals surface area (Å²) in [4.78, 5) is 15.4. The van der Waals surface area contributed by atoms with E-state index >= 15 is 0 Å². The molecule has 0 spiro atoms. The highest BCUT2D eigenvalue weighted by molar-refractivity contribution is 5.89. The lowest BCUT2D eigenvalue weighted by atomic mass is 9.73. The van der Waals surface area contributed by atoms with Gasteiger partial charge in [-0.1, -0.05) is 12.1 Å². The lowest BCUT2D eigenvalue weighted by molar-refractivity contribution is -0.142. The monoisotopic (exact) mass is 356 g/mol. The average molecular weight is 357 g/mol. The summed E-state index contributed by atoms with van der Waals surface area (Å²) in [7, 11) is 0. The van der Waals surface area contributed by atoms with Gasteiger partial charge in [-0.2, -0.15) is 0 Å². The minimum absolute atomic E-state index is 0. The number of nitrogens with zero attached hydrogens (tertiary/aromatic N) is 1. The molecule has 2 aliphatic heterocycles. The molecule has 24 heavy (non-hydrogen) atoms. The second kappa shape index (κ2) is 7.81. The first-order valence-corrected chi connectivity index (χ1v) is 8.42. The van der Waals surface area contributed by atoms with Crippen LogP contribution in [0, 0.1) is 11.7 Å². The summed E-state index contributed by atoms with van der Waals surface area (Å²) in [5, 5.41) is 0. The van der Waals surface area contributed by atoms with Crippen LogP contribution in [0.25, 0.3) is 0 Å². The molecule has 0 radical (unpaired) electrons. The van der Waals surface area contributed by atoms with Crippen molar-refractivity contribution in [3.8, 4) is 0 Å². The highest BCUT2D eigenvalue weighted by Crippen LogP contribution is 2.39. The van der Waals surface area contributed by atoms with Crippen molar-refractivity contribution >= 4 is 18.3 Å². The molecule has 134 valence electrons. The zero-order valence-corrected chi connectivity index (χ0v) is 14.9. The van der Waals surface area contributed by atoms with Gasteiger partial charge in [0.2, 0.25) is 5.91 Å². The zero-order valence-electron chi connectivity index (χ0n) is 14.0. The summed E-state index contributed by atoms with van der Waals surface area (Å²) in [5.74, 6) is 0.170. The molecule has 0 saturated carbocycles. The van der Waals surface area contributed by atoms with Gasteiger partial charge in [0.25, 0.3) is 0 Å². The number of carbonyl (C=O) groups is 1. The molecule has 4 nitrogen and oxygen atoms in total. The summed E-state index contributed by atoms with van der Waals surface area (Å²) < 4.78 is 19.2. The van der Waals surface area contributed by atoms with Gasteiger partial charge in [-0.15, -0.1) is 12.4 Å². The molecule has 2 atom stereocenters. The summed E-state index contributed by atoms with van der Waals surface area (Å²) >= 11 is 0. The second-order valence-electron chi connectivity index (χ2n) is 6.85. The maximum absolute atomic E-state index is 13.8. The summed E-state index contributed by atoms with van der Waals surface area (Å²) in [6.07, 6.45) is 2.15. The van der Waals surface area contributed by atoms with Crippen molar-refractivity contribution in [1.29, 1.82) is 0 Å². The number of ether oxygens (including phenoxy) is 1. The number of halogens is 2. The molecule has 2 fully saturated rings. The lowest BCUT2D eigenvalue weighted by Gasteiger charge is -2.40. The van der Waals surface area contributed by atoms with Crippen LogP contribution in [0.15, 0.2) is 24.3 Å². The molecule has 2 saturated heterocycles. The number of benzene rings is 1. The third-order valence-corrected chi connectivity index (χ3v) is 5.39. The molecule has 1 aromatic carbocycles. The van der Waals surface area contributed by atoms with Crippen molar-refractivity contribution in [2.24, 2.45) is 11.7 Å². The van der Waals surface area contributed by atoms with E-state index in [9.17, 15) is 9.18 Å². The molecule has 0 aliphatic carbocycles. The van der Waals surface area contributed by atoms with Gasteiger partial charge in [0, 0.05) is 25.8 Å². The van der Waals surface area contributed by atoms with E-state index in [2.05, 4.69) is 6.92 Å². The Balaban J connectivity index is 0.00000208. The molecule has 6 heteroatoms. The van der Waals surface area contributed by atoms with Crippen LogP contribution in [0.4, 0.5) is 4.39 Å². The van der Waals surface area contributed by atoms with E-state index in [1.54, 1.807) is 6.07 Å². The van der Waals surface area contributed by atoms with Crippen LogP contribution in [0.2, 0.25) is 0 Å². The summed E-state index contributed by atoms with van der Waals surface area (Å²) in [5.41, 5.74) is 5.90. The van der Waals surface area contributed by atoms with Crippen LogP contribution in [-0.2, 0) is 14.9 Å². The van der Waals surface area contributed by atoms with E-state index in [-0.39, 0.29) is 30.2 Å². The van der Waals surface area contributed by atoms with Crippen molar-refractivity contribution < 1.29 is 13.9 Å². The van der Waals surface area contributed by atoms with Crippen LogP contribution in [0.3, 0.4) is 0 Å². The molecular weight excluding hydrogens is 331 g/mol. The molecule has 0 aromatic heterocycles. The predicted molar refractivity (Wildman–Crippen MR) is 93.7 cm³/mol. The Labute approximate surface area is 148 Å². The van der Waals surface area contributed by atoms with Gasteiger partial charge in [0.05, 0.1) is 5.41 Å². The lowest BCUT2D eigenvalue weighted by Crippen LogP contribution is -2.51. The Morgan fingerprint density at radius 1 is 1.42 bits per heavy atom. The van der Waals surface area contributed by atoms with E-state index in [1.807, 2.05) is 11.0 Å². The first-order chi connectivity index (χ1) is 11.1. The molecule has 1 aromatic rings. The largest absolute Gasteiger partial charge is 0.381 e. The van der Waals surface area contributed by atoms with Gasteiger partial charge in [-0.05, 0) is 56.3 Å². The fourth-order valence-corrected chi connectivity index (χ4v) is 4.00. The highest BCUT2D eigenvalue weighted by Gasteiger charge is 2.47. The quantitative estimate of drug-likeness (QED) is 0.905.